The molecule has 22 heavy (non-hydrogen) atoms. The summed E-state index contributed by atoms with van der Waals surface area (Å²) in [6.45, 7) is 13.2. The molecule has 3 heteroatoms. The Balaban J connectivity index is 1.96. The van der Waals surface area contributed by atoms with Crippen molar-refractivity contribution in [1.29, 1.82) is 0 Å². The molecule has 2 fully saturated rings. The number of nitrogens with one attached hydrogen (secondary N) is 1. The normalized spacial score (nSPS) is 22.7. The van der Waals surface area contributed by atoms with Crippen LogP contribution in [-0.4, -0.2) is 44.3 Å². The number of hydrogen-bond acceptors (Lipinski definition) is 3. The van der Waals surface area contributed by atoms with Crippen LogP contribution in [0.15, 0.2) is 12.1 Å². The van der Waals surface area contributed by atoms with Crippen molar-refractivity contribution in [2.45, 2.75) is 39.7 Å². The molecule has 122 valence electrons. The van der Waals surface area contributed by atoms with E-state index in [9.17, 15) is 0 Å². The van der Waals surface area contributed by atoms with Gasteiger partial charge in [0.1, 0.15) is 0 Å². The van der Waals surface area contributed by atoms with Crippen LogP contribution < -0.4 is 5.32 Å². The fourth-order valence-electron chi connectivity index (χ4n) is 4.37. The number of aryl methyl sites for hydroxylation is 3. The Bertz CT molecular complexity index is 461. The molecule has 0 bridgehead atoms. The van der Waals surface area contributed by atoms with Crippen molar-refractivity contribution < 1.29 is 4.74 Å². The molecule has 1 N–H and O–H groups in total. The molecule has 2 heterocycles. The predicted molar refractivity (Wildman–Crippen MR) is 91.4 cm³/mol. The van der Waals surface area contributed by atoms with Crippen molar-refractivity contribution in [2.75, 3.05) is 39.4 Å². The smallest absolute Gasteiger partial charge is 0.0469 e. The number of rotatable bonds is 3. The highest BCUT2D eigenvalue weighted by molar-refractivity contribution is 5.40. The number of benzene rings is 1. The number of piperazine rings is 1. The fourth-order valence-corrected chi connectivity index (χ4v) is 4.37. The molecule has 2 aliphatic rings. The first-order valence-corrected chi connectivity index (χ1v) is 8.77. The topological polar surface area (TPSA) is 24.5 Å². The minimum atomic E-state index is 0.562. The van der Waals surface area contributed by atoms with Gasteiger partial charge in [-0.2, -0.15) is 0 Å². The molecule has 2 saturated heterocycles. The van der Waals surface area contributed by atoms with E-state index in [4.69, 9.17) is 4.74 Å². The van der Waals surface area contributed by atoms with Gasteiger partial charge < -0.3 is 10.1 Å². The molecule has 3 nitrogen and oxygen atoms in total. The average Bonchev–Trinajstić information content (AvgIpc) is 2.52. The minimum Gasteiger partial charge on any atom is -0.381 e. The van der Waals surface area contributed by atoms with Gasteiger partial charge in [-0.05, 0) is 56.2 Å². The summed E-state index contributed by atoms with van der Waals surface area (Å²) in [5, 5.41) is 3.50. The minimum absolute atomic E-state index is 0.562. The highest BCUT2D eigenvalue weighted by Crippen LogP contribution is 2.38. The molecule has 0 aliphatic carbocycles. The lowest BCUT2D eigenvalue weighted by atomic mass is 9.81. The predicted octanol–water partition coefficient (Wildman–Crippen LogP) is 2.98. The van der Waals surface area contributed by atoms with Gasteiger partial charge in [0.15, 0.2) is 0 Å². The third-order valence-corrected chi connectivity index (χ3v) is 5.29. The van der Waals surface area contributed by atoms with Gasteiger partial charge >= 0.3 is 0 Å². The molecule has 1 atom stereocenters. The van der Waals surface area contributed by atoms with E-state index in [0.29, 0.717) is 6.04 Å². The van der Waals surface area contributed by atoms with Gasteiger partial charge in [0, 0.05) is 45.4 Å². The van der Waals surface area contributed by atoms with Gasteiger partial charge in [0.2, 0.25) is 0 Å². The molecular formula is C19H30N2O. The maximum Gasteiger partial charge on any atom is 0.0469 e. The standard InChI is InChI=1S/C19H30N2O/c1-14-12-15(2)18(16(3)13-14)19(17-4-10-22-11-5-17)21-8-6-20-7-9-21/h12-13,17,19-20H,4-11H2,1-3H3/t19-/m1/s1. The molecule has 0 amide bonds. The molecule has 0 spiro atoms. The van der Waals surface area contributed by atoms with Gasteiger partial charge in [-0.25, -0.2) is 0 Å². The molecule has 2 aliphatic heterocycles. The summed E-state index contributed by atoms with van der Waals surface area (Å²) in [7, 11) is 0. The summed E-state index contributed by atoms with van der Waals surface area (Å²) < 4.78 is 5.62. The van der Waals surface area contributed by atoms with Gasteiger partial charge in [-0.1, -0.05) is 17.7 Å². The summed E-state index contributed by atoms with van der Waals surface area (Å²) >= 11 is 0. The monoisotopic (exact) mass is 302 g/mol. The highest BCUT2D eigenvalue weighted by atomic mass is 16.5. The van der Waals surface area contributed by atoms with E-state index < -0.39 is 0 Å². The van der Waals surface area contributed by atoms with Crippen LogP contribution in [0.2, 0.25) is 0 Å². The average molecular weight is 302 g/mol. The zero-order chi connectivity index (χ0) is 15.5. The van der Waals surface area contributed by atoms with Crippen LogP contribution in [0.4, 0.5) is 0 Å². The summed E-state index contributed by atoms with van der Waals surface area (Å²) in [5.41, 5.74) is 5.89. The zero-order valence-electron chi connectivity index (χ0n) is 14.3. The molecule has 0 unspecified atom stereocenters. The summed E-state index contributed by atoms with van der Waals surface area (Å²) in [6, 6.07) is 5.28. The maximum atomic E-state index is 5.62. The van der Waals surface area contributed by atoms with Gasteiger partial charge in [0.25, 0.3) is 0 Å². The molecule has 0 aromatic heterocycles. The third-order valence-electron chi connectivity index (χ3n) is 5.29. The lowest BCUT2D eigenvalue weighted by Gasteiger charge is -2.42. The molecule has 3 rings (SSSR count). The lowest BCUT2D eigenvalue weighted by Crippen LogP contribution is -2.48. The first-order valence-electron chi connectivity index (χ1n) is 8.77. The van der Waals surface area contributed by atoms with E-state index >= 15 is 0 Å². The summed E-state index contributed by atoms with van der Waals surface area (Å²) in [6.07, 6.45) is 2.39. The third kappa shape index (κ3) is 3.37. The molecule has 1 aromatic carbocycles. The van der Waals surface area contributed by atoms with Crippen molar-refractivity contribution in [3.05, 3.63) is 34.4 Å². The Labute approximate surface area is 135 Å². The Morgan fingerprint density at radius 2 is 1.64 bits per heavy atom. The molecular weight excluding hydrogens is 272 g/mol. The second-order valence-corrected chi connectivity index (χ2v) is 6.99. The van der Waals surface area contributed by atoms with Gasteiger partial charge in [-0.15, -0.1) is 0 Å². The van der Waals surface area contributed by atoms with E-state index in [2.05, 4.69) is 43.1 Å². The van der Waals surface area contributed by atoms with Crippen molar-refractivity contribution in [3.8, 4) is 0 Å². The Kier molecular flexibility index (Phi) is 5.17. The van der Waals surface area contributed by atoms with Crippen molar-refractivity contribution in [3.63, 3.8) is 0 Å². The largest absolute Gasteiger partial charge is 0.381 e. The highest BCUT2D eigenvalue weighted by Gasteiger charge is 2.33. The van der Waals surface area contributed by atoms with E-state index in [1.165, 1.54) is 29.5 Å². The van der Waals surface area contributed by atoms with Crippen LogP contribution in [-0.2, 0) is 4.74 Å². The zero-order valence-corrected chi connectivity index (χ0v) is 14.3. The van der Waals surface area contributed by atoms with Crippen molar-refractivity contribution in [1.82, 2.24) is 10.2 Å². The van der Waals surface area contributed by atoms with Gasteiger partial charge in [0.05, 0.1) is 0 Å². The number of nitrogens with zero attached hydrogens (tertiary/aromatic N) is 1. The first kappa shape index (κ1) is 16.0. The molecule has 0 saturated carbocycles. The van der Waals surface area contributed by atoms with Crippen LogP contribution in [0.25, 0.3) is 0 Å². The quantitative estimate of drug-likeness (QED) is 0.929. The van der Waals surface area contributed by atoms with E-state index in [1.807, 2.05) is 0 Å². The molecule has 0 radical (unpaired) electrons. The van der Waals surface area contributed by atoms with Crippen LogP contribution >= 0.6 is 0 Å². The number of hydrogen-bond donors (Lipinski definition) is 1. The van der Waals surface area contributed by atoms with Crippen LogP contribution in [0.5, 0.6) is 0 Å². The Morgan fingerprint density at radius 1 is 1.05 bits per heavy atom. The van der Waals surface area contributed by atoms with E-state index in [0.717, 1.165) is 45.3 Å². The molecule has 1 aromatic rings. The van der Waals surface area contributed by atoms with E-state index in [1.54, 1.807) is 5.56 Å². The van der Waals surface area contributed by atoms with Crippen LogP contribution in [0, 0.1) is 26.7 Å². The van der Waals surface area contributed by atoms with Crippen LogP contribution in [0.1, 0.15) is 41.1 Å². The second-order valence-electron chi connectivity index (χ2n) is 6.99. The van der Waals surface area contributed by atoms with Crippen molar-refractivity contribution in [2.24, 2.45) is 5.92 Å². The van der Waals surface area contributed by atoms with Crippen molar-refractivity contribution >= 4 is 0 Å². The Morgan fingerprint density at radius 3 is 2.23 bits per heavy atom. The summed E-state index contributed by atoms with van der Waals surface area (Å²) in [5.74, 6) is 0.729. The maximum absolute atomic E-state index is 5.62. The summed E-state index contributed by atoms with van der Waals surface area (Å²) in [4.78, 5) is 2.72. The first-order chi connectivity index (χ1) is 10.7. The SMILES string of the molecule is Cc1cc(C)c([C@@H](C2CCOCC2)N2CCNCC2)c(C)c1. The second kappa shape index (κ2) is 7.12. The van der Waals surface area contributed by atoms with Gasteiger partial charge in [-0.3, -0.25) is 4.90 Å². The van der Waals surface area contributed by atoms with Crippen LogP contribution in [0.3, 0.4) is 0 Å². The fraction of sp³-hybridized carbons (Fsp3) is 0.684. The number of ether oxygens (including phenoxy) is 1. The lowest BCUT2D eigenvalue weighted by molar-refractivity contribution is 0.0209. The van der Waals surface area contributed by atoms with E-state index in [-0.39, 0.29) is 0 Å². The Hall–Kier alpha value is -0.900.